The quantitative estimate of drug-likeness (QED) is 0.620. The molecule has 0 spiro atoms. The fourth-order valence-electron chi connectivity index (χ4n) is 2.07. The Bertz CT molecular complexity index is 537. The SMILES string of the molecule is CCc1ccc(C(O)=C(O)c2ccc(CC)cc2)cc1. The van der Waals surface area contributed by atoms with Gasteiger partial charge in [0.2, 0.25) is 0 Å². The predicted octanol–water partition coefficient (Wildman–Crippen LogP) is 4.75. The molecule has 0 bridgehead atoms. The Hall–Kier alpha value is -2.22. The second-order valence-corrected chi connectivity index (χ2v) is 4.80. The molecule has 0 aromatic heterocycles. The lowest BCUT2D eigenvalue weighted by molar-refractivity contribution is 0.459. The molecule has 2 N–H and O–H groups in total. The van der Waals surface area contributed by atoms with Gasteiger partial charge in [-0.1, -0.05) is 62.4 Å². The van der Waals surface area contributed by atoms with E-state index in [0.29, 0.717) is 11.1 Å². The van der Waals surface area contributed by atoms with Crippen LogP contribution in [0.4, 0.5) is 0 Å². The Labute approximate surface area is 120 Å². The Morgan fingerprint density at radius 2 is 0.950 bits per heavy atom. The molecule has 0 aliphatic carbocycles. The Balaban J connectivity index is 2.32. The van der Waals surface area contributed by atoms with Crippen molar-refractivity contribution in [3.05, 3.63) is 70.8 Å². The molecule has 2 aromatic rings. The molecule has 2 aromatic carbocycles. The number of rotatable bonds is 4. The molecule has 0 aliphatic heterocycles. The van der Waals surface area contributed by atoms with E-state index in [2.05, 4.69) is 13.8 Å². The first kappa shape index (κ1) is 14.2. The average Bonchev–Trinajstić information content (AvgIpc) is 2.53. The van der Waals surface area contributed by atoms with E-state index in [9.17, 15) is 10.2 Å². The van der Waals surface area contributed by atoms with Gasteiger partial charge in [-0.25, -0.2) is 0 Å². The van der Waals surface area contributed by atoms with E-state index in [0.717, 1.165) is 12.8 Å². The highest BCUT2D eigenvalue weighted by Crippen LogP contribution is 2.23. The summed E-state index contributed by atoms with van der Waals surface area (Å²) in [6.07, 6.45) is 1.91. The van der Waals surface area contributed by atoms with Crippen molar-refractivity contribution in [1.82, 2.24) is 0 Å². The van der Waals surface area contributed by atoms with Crippen molar-refractivity contribution in [3.63, 3.8) is 0 Å². The number of benzene rings is 2. The van der Waals surface area contributed by atoms with Crippen molar-refractivity contribution in [2.45, 2.75) is 26.7 Å². The van der Waals surface area contributed by atoms with Crippen LogP contribution < -0.4 is 0 Å². The number of aryl methyl sites for hydroxylation is 2. The summed E-state index contributed by atoms with van der Waals surface area (Å²) in [5.74, 6) is -0.172. The normalized spacial score (nSPS) is 12.1. The third-order valence-corrected chi connectivity index (χ3v) is 3.50. The molecule has 0 aliphatic rings. The summed E-state index contributed by atoms with van der Waals surface area (Å²) in [5.41, 5.74) is 3.65. The van der Waals surface area contributed by atoms with E-state index < -0.39 is 0 Å². The third kappa shape index (κ3) is 3.02. The van der Waals surface area contributed by atoms with E-state index >= 15 is 0 Å². The minimum absolute atomic E-state index is 0.0862. The standard InChI is InChI=1S/C18H20O2/c1-3-13-5-9-15(10-6-13)17(19)18(20)16-11-7-14(4-2)8-12-16/h5-12,19-20H,3-4H2,1-2H3. The molecule has 2 nitrogen and oxygen atoms in total. The van der Waals surface area contributed by atoms with Crippen molar-refractivity contribution < 1.29 is 10.2 Å². The van der Waals surface area contributed by atoms with Crippen molar-refractivity contribution in [2.75, 3.05) is 0 Å². The van der Waals surface area contributed by atoms with Crippen molar-refractivity contribution in [2.24, 2.45) is 0 Å². The van der Waals surface area contributed by atoms with Gasteiger partial charge in [0.05, 0.1) is 0 Å². The number of aliphatic hydroxyl groups is 2. The smallest absolute Gasteiger partial charge is 0.165 e. The van der Waals surface area contributed by atoms with Gasteiger partial charge in [-0.3, -0.25) is 0 Å². The van der Waals surface area contributed by atoms with Gasteiger partial charge in [-0.05, 0) is 24.0 Å². The van der Waals surface area contributed by atoms with Crippen molar-refractivity contribution in [3.8, 4) is 0 Å². The zero-order valence-electron chi connectivity index (χ0n) is 11.9. The molecule has 0 saturated heterocycles. The molecular weight excluding hydrogens is 248 g/mol. The first-order chi connectivity index (χ1) is 9.65. The maximum absolute atomic E-state index is 10.2. The highest BCUT2D eigenvalue weighted by atomic mass is 16.3. The van der Waals surface area contributed by atoms with Crippen LogP contribution in [-0.4, -0.2) is 10.2 Å². The summed E-state index contributed by atoms with van der Waals surface area (Å²) >= 11 is 0. The van der Waals surface area contributed by atoms with Crippen LogP contribution in [0.5, 0.6) is 0 Å². The lowest BCUT2D eigenvalue weighted by Crippen LogP contribution is -1.92. The Kier molecular flexibility index (Phi) is 4.46. The molecule has 104 valence electrons. The predicted molar refractivity (Wildman–Crippen MR) is 83.7 cm³/mol. The Morgan fingerprint density at radius 1 is 0.650 bits per heavy atom. The largest absolute Gasteiger partial charge is 0.504 e. The molecule has 2 heteroatoms. The van der Waals surface area contributed by atoms with Crippen LogP contribution in [0.1, 0.15) is 36.1 Å². The van der Waals surface area contributed by atoms with Crippen LogP contribution >= 0.6 is 0 Å². The van der Waals surface area contributed by atoms with Crippen LogP contribution in [0.3, 0.4) is 0 Å². The van der Waals surface area contributed by atoms with E-state index in [-0.39, 0.29) is 11.5 Å². The molecule has 0 unspecified atom stereocenters. The van der Waals surface area contributed by atoms with Gasteiger partial charge in [0.25, 0.3) is 0 Å². The van der Waals surface area contributed by atoms with Gasteiger partial charge in [0.1, 0.15) is 0 Å². The van der Waals surface area contributed by atoms with Gasteiger partial charge in [-0.15, -0.1) is 0 Å². The van der Waals surface area contributed by atoms with Crippen LogP contribution in [0.25, 0.3) is 11.5 Å². The van der Waals surface area contributed by atoms with E-state index in [1.54, 1.807) is 0 Å². The maximum atomic E-state index is 10.2. The van der Waals surface area contributed by atoms with Crippen LogP contribution in [-0.2, 0) is 12.8 Å². The molecule has 2 rings (SSSR count). The van der Waals surface area contributed by atoms with Gasteiger partial charge in [0.15, 0.2) is 11.5 Å². The highest BCUT2D eigenvalue weighted by molar-refractivity contribution is 5.82. The van der Waals surface area contributed by atoms with Crippen molar-refractivity contribution >= 4 is 11.5 Å². The van der Waals surface area contributed by atoms with E-state index in [1.807, 2.05) is 48.5 Å². The molecule has 0 fully saturated rings. The summed E-state index contributed by atoms with van der Waals surface area (Å²) in [7, 11) is 0. The molecule has 0 heterocycles. The minimum atomic E-state index is -0.0862. The maximum Gasteiger partial charge on any atom is 0.165 e. The number of hydrogen-bond donors (Lipinski definition) is 2. The molecule has 0 amide bonds. The fraction of sp³-hybridized carbons (Fsp3) is 0.222. The first-order valence-corrected chi connectivity index (χ1v) is 6.96. The minimum Gasteiger partial charge on any atom is -0.504 e. The van der Waals surface area contributed by atoms with Crippen LogP contribution in [0, 0.1) is 0 Å². The third-order valence-electron chi connectivity index (χ3n) is 3.50. The van der Waals surface area contributed by atoms with Gasteiger partial charge >= 0.3 is 0 Å². The molecule has 20 heavy (non-hydrogen) atoms. The number of hydrogen-bond acceptors (Lipinski definition) is 2. The van der Waals surface area contributed by atoms with E-state index in [1.165, 1.54) is 11.1 Å². The summed E-state index contributed by atoms with van der Waals surface area (Å²) in [4.78, 5) is 0. The number of aliphatic hydroxyl groups excluding tert-OH is 2. The summed E-state index contributed by atoms with van der Waals surface area (Å²) in [6, 6.07) is 15.1. The second kappa shape index (κ2) is 6.29. The van der Waals surface area contributed by atoms with Crippen LogP contribution in [0.2, 0.25) is 0 Å². The zero-order valence-corrected chi connectivity index (χ0v) is 11.9. The topological polar surface area (TPSA) is 40.5 Å². The van der Waals surface area contributed by atoms with Gasteiger partial charge < -0.3 is 10.2 Å². The zero-order chi connectivity index (χ0) is 14.5. The Morgan fingerprint density at radius 3 is 1.20 bits per heavy atom. The fourth-order valence-corrected chi connectivity index (χ4v) is 2.07. The van der Waals surface area contributed by atoms with Gasteiger partial charge in [-0.2, -0.15) is 0 Å². The van der Waals surface area contributed by atoms with Gasteiger partial charge in [0, 0.05) is 11.1 Å². The lowest BCUT2D eigenvalue weighted by Gasteiger charge is -2.07. The van der Waals surface area contributed by atoms with E-state index in [4.69, 9.17) is 0 Å². The molecule has 0 radical (unpaired) electrons. The lowest BCUT2D eigenvalue weighted by atomic mass is 10.0. The summed E-state index contributed by atoms with van der Waals surface area (Å²) < 4.78 is 0. The molecule has 0 atom stereocenters. The molecule has 0 saturated carbocycles. The molecular formula is C18H20O2. The summed E-state index contributed by atoms with van der Waals surface area (Å²) in [6.45, 7) is 4.16. The summed E-state index contributed by atoms with van der Waals surface area (Å²) in [5, 5.41) is 20.3. The first-order valence-electron chi connectivity index (χ1n) is 6.96. The second-order valence-electron chi connectivity index (χ2n) is 4.80. The monoisotopic (exact) mass is 268 g/mol. The van der Waals surface area contributed by atoms with Crippen LogP contribution in [0.15, 0.2) is 48.5 Å². The highest BCUT2D eigenvalue weighted by Gasteiger charge is 2.09. The van der Waals surface area contributed by atoms with Crippen molar-refractivity contribution in [1.29, 1.82) is 0 Å². The average molecular weight is 268 g/mol.